The molecule has 4 unspecified atom stereocenters. The molecule has 5 heteroatoms. The van der Waals surface area contributed by atoms with Gasteiger partial charge in [-0.15, -0.1) is 11.0 Å². The van der Waals surface area contributed by atoms with Crippen LogP contribution in [-0.2, 0) is 0 Å². The fraction of sp³-hybridized carbons (Fsp3) is 1.00. The SMILES string of the molecule is CCC(C)C(C)SCCC(C)SC1CP(SP)C1. The van der Waals surface area contributed by atoms with Crippen LogP contribution in [-0.4, -0.2) is 33.8 Å². The molecular weight excluding hydrogens is 314 g/mol. The minimum absolute atomic E-state index is 0.354. The van der Waals surface area contributed by atoms with Gasteiger partial charge in [-0.05, 0) is 37.5 Å². The Kier molecular flexibility index (Phi) is 9.75. The summed E-state index contributed by atoms with van der Waals surface area (Å²) in [6, 6.07) is 0. The highest BCUT2D eigenvalue weighted by molar-refractivity contribution is 8.79. The van der Waals surface area contributed by atoms with Crippen molar-refractivity contribution < 1.29 is 0 Å². The molecule has 0 amide bonds. The average Bonchev–Trinajstić information content (AvgIpc) is 2.31. The van der Waals surface area contributed by atoms with Gasteiger partial charge in [0.25, 0.3) is 0 Å². The summed E-state index contributed by atoms with van der Waals surface area (Å²) in [6.45, 7) is 9.51. The van der Waals surface area contributed by atoms with Crippen LogP contribution in [0.1, 0.15) is 40.5 Å². The maximum Gasteiger partial charge on any atom is 0.0144 e. The van der Waals surface area contributed by atoms with Gasteiger partial charge in [0, 0.05) is 15.7 Å². The first-order chi connectivity index (χ1) is 8.56. The molecule has 0 saturated carbocycles. The maximum absolute atomic E-state index is 2.84. The second-order valence-electron chi connectivity index (χ2n) is 5.27. The average molecular weight is 343 g/mol. The van der Waals surface area contributed by atoms with Gasteiger partial charge in [0.1, 0.15) is 0 Å². The molecule has 18 heavy (non-hydrogen) atoms. The summed E-state index contributed by atoms with van der Waals surface area (Å²) in [7, 11) is 3.19. The van der Waals surface area contributed by atoms with Crippen LogP contribution in [0.3, 0.4) is 0 Å². The van der Waals surface area contributed by atoms with Gasteiger partial charge >= 0.3 is 0 Å². The van der Waals surface area contributed by atoms with E-state index in [0.717, 1.165) is 21.7 Å². The van der Waals surface area contributed by atoms with Gasteiger partial charge < -0.3 is 0 Å². The van der Waals surface area contributed by atoms with Crippen LogP contribution in [0, 0.1) is 5.92 Å². The lowest BCUT2D eigenvalue weighted by molar-refractivity contribution is 0.557. The van der Waals surface area contributed by atoms with Crippen molar-refractivity contribution in [1.29, 1.82) is 0 Å². The Morgan fingerprint density at radius 3 is 2.50 bits per heavy atom. The minimum Gasteiger partial charge on any atom is -0.159 e. The Morgan fingerprint density at radius 1 is 1.28 bits per heavy atom. The van der Waals surface area contributed by atoms with Gasteiger partial charge in [-0.25, -0.2) is 0 Å². The molecule has 0 aliphatic carbocycles. The molecule has 0 bridgehead atoms. The molecule has 1 aliphatic rings. The van der Waals surface area contributed by atoms with Gasteiger partial charge in [-0.2, -0.15) is 23.5 Å². The first-order valence-electron chi connectivity index (χ1n) is 6.95. The van der Waals surface area contributed by atoms with Crippen LogP contribution >= 0.6 is 50.1 Å². The Hall–Kier alpha value is 1.91. The van der Waals surface area contributed by atoms with Gasteiger partial charge in [-0.3, -0.25) is 0 Å². The van der Waals surface area contributed by atoms with E-state index < -0.39 is 0 Å². The fourth-order valence-electron chi connectivity index (χ4n) is 1.89. The van der Waals surface area contributed by atoms with E-state index in [0.29, 0.717) is 7.12 Å². The predicted molar refractivity (Wildman–Crippen MR) is 101 cm³/mol. The summed E-state index contributed by atoms with van der Waals surface area (Å²) in [5, 5.41) is 2.67. The van der Waals surface area contributed by atoms with E-state index in [-0.39, 0.29) is 0 Å². The lowest BCUT2D eigenvalue weighted by Gasteiger charge is -2.35. The summed E-state index contributed by atoms with van der Waals surface area (Å²) in [6.07, 6.45) is 5.69. The van der Waals surface area contributed by atoms with E-state index in [2.05, 4.69) is 59.7 Å². The Bertz CT molecular complexity index is 222. The molecule has 0 nitrogen and oxygen atoms in total. The smallest absolute Gasteiger partial charge is 0.0144 e. The van der Waals surface area contributed by atoms with E-state index in [1.807, 2.05) is 11.0 Å². The predicted octanol–water partition coefficient (Wildman–Crippen LogP) is 5.97. The molecule has 1 heterocycles. The number of thioether (sulfide) groups is 2. The first-order valence-corrected chi connectivity index (χ1v) is 13.6. The van der Waals surface area contributed by atoms with Crippen molar-refractivity contribution >= 4 is 50.1 Å². The third-order valence-electron chi connectivity index (χ3n) is 3.74. The second kappa shape index (κ2) is 9.78. The first kappa shape index (κ1) is 18.0. The number of rotatable bonds is 9. The van der Waals surface area contributed by atoms with E-state index in [1.165, 1.54) is 30.9 Å². The standard InChI is InChI=1S/C13H28P2S3/c1-5-10(2)12(4)16-7-6-11(3)17-13-8-15(9-13)18-14/h10-13H,5-9,14H2,1-4H3. The summed E-state index contributed by atoms with van der Waals surface area (Å²) in [4.78, 5) is 0. The third-order valence-corrected chi connectivity index (χ3v) is 13.6. The fourth-order valence-corrected chi connectivity index (χ4v) is 10.8. The molecule has 0 aromatic heterocycles. The van der Waals surface area contributed by atoms with Gasteiger partial charge in [-0.1, -0.05) is 42.6 Å². The molecule has 0 aromatic carbocycles. The summed E-state index contributed by atoms with van der Waals surface area (Å²) in [5.74, 6) is 2.21. The maximum atomic E-state index is 2.84. The second-order valence-corrected chi connectivity index (χ2v) is 14.5. The van der Waals surface area contributed by atoms with E-state index in [1.54, 1.807) is 0 Å². The van der Waals surface area contributed by atoms with E-state index in [4.69, 9.17) is 0 Å². The van der Waals surface area contributed by atoms with Crippen LogP contribution in [0.25, 0.3) is 0 Å². The zero-order valence-electron chi connectivity index (χ0n) is 12.1. The van der Waals surface area contributed by atoms with Crippen LogP contribution in [0.15, 0.2) is 0 Å². The quantitative estimate of drug-likeness (QED) is 0.474. The summed E-state index contributed by atoms with van der Waals surface area (Å²) < 4.78 is 0. The molecule has 0 spiro atoms. The molecule has 0 radical (unpaired) electrons. The van der Waals surface area contributed by atoms with Crippen molar-refractivity contribution in [1.82, 2.24) is 0 Å². The molecule has 1 rings (SSSR count). The van der Waals surface area contributed by atoms with E-state index >= 15 is 0 Å². The zero-order chi connectivity index (χ0) is 13.5. The van der Waals surface area contributed by atoms with Crippen molar-refractivity contribution in [2.24, 2.45) is 5.92 Å². The largest absolute Gasteiger partial charge is 0.159 e. The third kappa shape index (κ3) is 6.57. The zero-order valence-corrected chi connectivity index (χ0v) is 16.6. The minimum atomic E-state index is 0.354. The molecular formula is C13H28P2S3. The van der Waals surface area contributed by atoms with Gasteiger partial charge in [0.15, 0.2) is 0 Å². The monoisotopic (exact) mass is 342 g/mol. The van der Waals surface area contributed by atoms with Gasteiger partial charge in [0.05, 0.1) is 0 Å². The van der Waals surface area contributed by atoms with Crippen LogP contribution < -0.4 is 0 Å². The van der Waals surface area contributed by atoms with Crippen LogP contribution in [0.4, 0.5) is 0 Å². The topological polar surface area (TPSA) is 0 Å². The molecule has 0 N–H and O–H groups in total. The summed E-state index contributed by atoms with van der Waals surface area (Å²) >= 11 is 6.46. The number of hydrogen-bond donors (Lipinski definition) is 0. The van der Waals surface area contributed by atoms with Crippen molar-refractivity contribution in [2.45, 2.75) is 56.3 Å². The lowest BCUT2D eigenvalue weighted by atomic mass is 10.1. The highest BCUT2D eigenvalue weighted by atomic mass is 33.1. The number of hydrogen-bond acceptors (Lipinski definition) is 3. The lowest BCUT2D eigenvalue weighted by Crippen LogP contribution is -2.25. The highest BCUT2D eigenvalue weighted by Gasteiger charge is 2.29. The van der Waals surface area contributed by atoms with Crippen LogP contribution in [0.5, 0.6) is 0 Å². The molecule has 1 aliphatic heterocycles. The summed E-state index contributed by atoms with van der Waals surface area (Å²) in [5.41, 5.74) is 0. The highest BCUT2D eigenvalue weighted by Crippen LogP contribution is 2.63. The van der Waals surface area contributed by atoms with E-state index in [9.17, 15) is 0 Å². The molecule has 4 atom stereocenters. The molecule has 1 saturated heterocycles. The van der Waals surface area contributed by atoms with Crippen molar-refractivity contribution in [2.75, 3.05) is 18.1 Å². The molecule has 108 valence electrons. The van der Waals surface area contributed by atoms with Gasteiger partial charge in [0.2, 0.25) is 0 Å². The van der Waals surface area contributed by atoms with Crippen molar-refractivity contribution in [3.63, 3.8) is 0 Å². The van der Waals surface area contributed by atoms with Crippen LogP contribution in [0.2, 0.25) is 0 Å². The van der Waals surface area contributed by atoms with Crippen molar-refractivity contribution in [3.8, 4) is 0 Å². The molecule has 1 fully saturated rings. The van der Waals surface area contributed by atoms with Crippen molar-refractivity contribution in [3.05, 3.63) is 0 Å². The normalized spacial score (nSPS) is 28.5. The Labute approximate surface area is 130 Å². The molecule has 0 aromatic rings. The Balaban J connectivity index is 2.02. The Morgan fingerprint density at radius 2 is 1.94 bits per heavy atom.